The molecule has 1 N–H and O–H groups in total. The SMILES string of the molecule is CN1C(=O)Cc2cc(NCc3ccc(N4CCCC4)nc3)ccc21. The van der Waals surface area contributed by atoms with Crippen molar-refractivity contribution in [3.05, 3.63) is 47.7 Å². The number of pyridine rings is 1. The molecule has 5 heteroatoms. The van der Waals surface area contributed by atoms with Gasteiger partial charge in [-0.3, -0.25) is 4.79 Å². The van der Waals surface area contributed by atoms with Crippen LogP contribution in [-0.4, -0.2) is 31.0 Å². The van der Waals surface area contributed by atoms with Crippen LogP contribution < -0.4 is 15.1 Å². The summed E-state index contributed by atoms with van der Waals surface area (Å²) in [7, 11) is 1.83. The van der Waals surface area contributed by atoms with Gasteiger partial charge in [0.25, 0.3) is 0 Å². The summed E-state index contributed by atoms with van der Waals surface area (Å²) in [5.41, 5.74) is 4.31. The van der Waals surface area contributed by atoms with Crippen LogP contribution in [0.5, 0.6) is 0 Å². The average molecular weight is 322 g/mol. The molecule has 2 aromatic rings. The van der Waals surface area contributed by atoms with E-state index >= 15 is 0 Å². The summed E-state index contributed by atoms with van der Waals surface area (Å²) in [4.78, 5) is 20.4. The van der Waals surface area contributed by atoms with Crippen LogP contribution in [0.3, 0.4) is 0 Å². The Hall–Kier alpha value is -2.56. The number of fused-ring (bicyclic) bond motifs is 1. The van der Waals surface area contributed by atoms with E-state index in [4.69, 9.17) is 0 Å². The second-order valence-corrected chi connectivity index (χ2v) is 6.55. The standard InChI is InChI=1S/C19H22N4O/c1-22-17-6-5-16(10-15(17)11-19(22)24)20-12-14-4-7-18(21-13-14)23-8-2-3-9-23/h4-7,10,13,20H,2-3,8-9,11-12H2,1H3. The summed E-state index contributed by atoms with van der Waals surface area (Å²) in [5.74, 6) is 1.24. The van der Waals surface area contributed by atoms with E-state index in [9.17, 15) is 4.79 Å². The topological polar surface area (TPSA) is 48.5 Å². The summed E-state index contributed by atoms with van der Waals surface area (Å²) in [6, 6.07) is 10.4. The number of carbonyl (C=O) groups excluding carboxylic acids is 1. The summed E-state index contributed by atoms with van der Waals surface area (Å²) < 4.78 is 0. The third-order valence-corrected chi connectivity index (χ3v) is 4.89. The van der Waals surface area contributed by atoms with Crippen molar-refractivity contribution in [3.63, 3.8) is 0 Å². The lowest BCUT2D eigenvalue weighted by atomic mass is 10.1. The lowest BCUT2D eigenvalue weighted by Crippen LogP contribution is -2.20. The second-order valence-electron chi connectivity index (χ2n) is 6.55. The zero-order valence-corrected chi connectivity index (χ0v) is 14.0. The maximum Gasteiger partial charge on any atom is 0.231 e. The molecule has 1 fully saturated rings. The van der Waals surface area contributed by atoms with Crippen LogP contribution in [0.4, 0.5) is 17.2 Å². The number of nitrogens with one attached hydrogen (secondary N) is 1. The Labute approximate surface area is 142 Å². The number of hydrogen-bond donors (Lipinski definition) is 1. The molecule has 0 spiro atoms. The van der Waals surface area contributed by atoms with Gasteiger partial charge in [-0.2, -0.15) is 0 Å². The highest BCUT2D eigenvalue weighted by Crippen LogP contribution is 2.30. The monoisotopic (exact) mass is 322 g/mol. The predicted molar refractivity (Wildman–Crippen MR) is 96.6 cm³/mol. The van der Waals surface area contributed by atoms with Crippen molar-refractivity contribution in [2.75, 3.05) is 35.3 Å². The summed E-state index contributed by atoms with van der Waals surface area (Å²) in [6.07, 6.45) is 4.97. The van der Waals surface area contributed by atoms with Crippen LogP contribution >= 0.6 is 0 Å². The molecular formula is C19H22N4O. The zero-order chi connectivity index (χ0) is 16.5. The minimum atomic E-state index is 0.156. The van der Waals surface area contributed by atoms with E-state index in [2.05, 4.69) is 33.4 Å². The number of rotatable bonds is 4. The smallest absolute Gasteiger partial charge is 0.231 e. The lowest BCUT2D eigenvalue weighted by molar-refractivity contribution is -0.117. The Morgan fingerprint density at radius 3 is 2.75 bits per heavy atom. The molecule has 1 saturated heterocycles. The van der Waals surface area contributed by atoms with Gasteiger partial charge in [-0.25, -0.2) is 4.98 Å². The number of amides is 1. The number of benzene rings is 1. The van der Waals surface area contributed by atoms with Crippen molar-refractivity contribution in [2.45, 2.75) is 25.8 Å². The van der Waals surface area contributed by atoms with E-state index in [0.29, 0.717) is 6.42 Å². The van der Waals surface area contributed by atoms with Crippen LogP contribution in [-0.2, 0) is 17.8 Å². The Morgan fingerprint density at radius 2 is 2.00 bits per heavy atom. The zero-order valence-electron chi connectivity index (χ0n) is 14.0. The van der Waals surface area contributed by atoms with Crippen molar-refractivity contribution in [1.29, 1.82) is 0 Å². The van der Waals surface area contributed by atoms with Crippen molar-refractivity contribution in [3.8, 4) is 0 Å². The number of aromatic nitrogens is 1. The van der Waals surface area contributed by atoms with Crippen molar-refractivity contribution in [1.82, 2.24) is 4.98 Å². The predicted octanol–water partition coefficient (Wildman–Crippen LogP) is 2.81. The number of nitrogens with zero attached hydrogens (tertiary/aromatic N) is 3. The molecule has 24 heavy (non-hydrogen) atoms. The lowest BCUT2D eigenvalue weighted by Gasteiger charge is -2.16. The molecule has 2 aliphatic heterocycles. The summed E-state index contributed by atoms with van der Waals surface area (Å²) in [6.45, 7) is 2.97. The molecule has 0 aliphatic carbocycles. The van der Waals surface area contributed by atoms with Crippen molar-refractivity contribution >= 4 is 23.1 Å². The first kappa shape index (κ1) is 15.0. The molecule has 1 amide bonds. The molecule has 2 aliphatic rings. The molecule has 0 bridgehead atoms. The second kappa shape index (κ2) is 6.15. The van der Waals surface area contributed by atoms with Gasteiger partial charge in [0.15, 0.2) is 0 Å². The molecular weight excluding hydrogens is 300 g/mol. The maximum absolute atomic E-state index is 11.8. The van der Waals surface area contributed by atoms with Gasteiger partial charge in [-0.05, 0) is 48.2 Å². The van der Waals surface area contributed by atoms with Crippen molar-refractivity contribution < 1.29 is 4.79 Å². The molecule has 1 aromatic heterocycles. The number of anilines is 3. The third kappa shape index (κ3) is 2.82. The van der Waals surface area contributed by atoms with Gasteiger partial charge >= 0.3 is 0 Å². The van der Waals surface area contributed by atoms with E-state index < -0.39 is 0 Å². The van der Waals surface area contributed by atoms with Gasteiger partial charge in [-0.15, -0.1) is 0 Å². The van der Waals surface area contributed by atoms with Crippen LogP contribution in [0.1, 0.15) is 24.0 Å². The Morgan fingerprint density at radius 1 is 1.17 bits per heavy atom. The van der Waals surface area contributed by atoms with E-state index in [0.717, 1.165) is 48.0 Å². The van der Waals surface area contributed by atoms with Crippen LogP contribution in [0.25, 0.3) is 0 Å². The van der Waals surface area contributed by atoms with Crippen molar-refractivity contribution in [2.24, 2.45) is 0 Å². The molecule has 124 valence electrons. The fourth-order valence-electron chi connectivity index (χ4n) is 3.44. The summed E-state index contributed by atoms with van der Waals surface area (Å²) >= 11 is 0. The fourth-order valence-corrected chi connectivity index (χ4v) is 3.44. The highest BCUT2D eigenvalue weighted by molar-refractivity contribution is 6.01. The maximum atomic E-state index is 11.8. The largest absolute Gasteiger partial charge is 0.381 e. The quantitative estimate of drug-likeness (QED) is 0.940. The highest BCUT2D eigenvalue weighted by Gasteiger charge is 2.23. The van der Waals surface area contributed by atoms with E-state index in [1.165, 1.54) is 12.8 Å². The molecule has 5 nitrogen and oxygen atoms in total. The highest BCUT2D eigenvalue weighted by atomic mass is 16.2. The fraction of sp³-hybridized carbons (Fsp3) is 0.368. The first-order valence-corrected chi connectivity index (χ1v) is 8.54. The Balaban J connectivity index is 1.40. The molecule has 4 rings (SSSR count). The van der Waals surface area contributed by atoms with Crippen LogP contribution in [0, 0.1) is 0 Å². The summed E-state index contributed by atoms with van der Waals surface area (Å²) in [5, 5.41) is 3.43. The van der Waals surface area contributed by atoms with Gasteiger partial charge in [0.1, 0.15) is 5.82 Å². The molecule has 3 heterocycles. The minimum Gasteiger partial charge on any atom is -0.381 e. The Bertz CT molecular complexity index is 750. The number of likely N-dealkylation sites (N-methyl/N-ethyl adjacent to an activating group) is 1. The average Bonchev–Trinajstić information content (AvgIpc) is 3.23. The number of carbonyl (C=O) groups is 1. The van der Waals surface area contributed by atoms with Crippen LogP contribution in [0.2, 0.25) is 0 Å². The van der Waals surface area contributed by atoms with Crippen LogP contribution in [0.15, 0.2) is 36.5 Å². The molecule has 0 unspecified atom stereocenters. The van der Waals surface area contributed by atoms with E-state index in [1.807, 2.05) is 25.4 Å². The molecule has 0 radical (unpaired) electrons. The first-order chi connectivity index (χ1) is 11.7. The van der Waals surface area contributed by atoms with Gasteiger partial charge in [-0.1, -0.05) is 6.07 Å². The molecule has 0 saturated carbocycles. The van der Waals surface area contributed by atoms with Gasteiger partial charge in [0, 0.05) is 44.3 Å². The van der Waals surface area contributed by atoms with Gasteiger partial charge in [0.2, 0.25) is 5.91 Å². The minimum absolute atomic E-state index is 0.156. The van der Waals surface area contributed by atoms with Gasteiger partial charge < -0.3 is 15.1 Å². The molecule has 0 atom stereocenters. The first-order valence-electron chi connectivity index (χ1n) is 8.54. The van der Waals surface area contributed by atoms with E-state index in [1.54, 1.807) is 4.90 Å². The number of hydrogen-bond acceptors (Lipinski definition) is 4. The Kier molecular flexibility index (Phi) is 3.84. The van der Waals surface area contributed by atoms with Gasteiger partial charge in [0.05, 0.1) is 6.42 Å². The molecule has 1 aromatic carbocycles. The third-order valence-electron chi connectivity index (χ3n) is 4.89. The normalized spacial score (nSPS) is 16.6. The van der Waals surface area contributed by atoms with E-state index in [-0.39, 0.29) is 5.91 Å².